The minimum absolute atomic E-state index is 0.336. The molecule has 0 amide bonds. The van der Waals surface area contributed by atoms with E-state index in [0.29, 0.717) is 18.1 Å². The van der Waals surface area contributed by atoms with Gasteiger partial charge in [-0.2, -0.15) is 0 Å². The van der Waals surface area contributed by atoms with Gasteiger partial charge in [0.15, 0.2) is 0 Å². The number of aromatic nitrogens is 1. The Morgan fingerprint density at radius 1 is 1.31 bits per heavy atom. The first-order valence-corrected chi connectivity index (χ1v) is 6.64. The molecule has 0 spiro atoms. The molecule has 2 nitrogen and oxygen atoms in total. The van der Waals surface area contributed by atoms with E-state index in [1.165, 1.54) is 6.42 Å². The smallest absolute Gasteiger partial charge is 0.140 e. The van der Waals surface area contributed by atoms with Crippen molar-refractivity contribution in [3.63, 3.8) is 0 Å². The molecule has 2 atom stereocenters. The van der Waals surface area contributed by atoms with Crippen molar-refractivity contribution in [3.05, 3.63) is 28.5 Å². The van der Waals surface area contributed by atoms with Crippen LogP contribution in [0.4, 0.5) is 0 Å². The molecule has 0 bridgehead atoms. The van der Waals surface area contributed by atoms with Crippen LogP contribution in [0.15, 0.2) is 22.9 Å². The van der Waals surface area contributed by atoms with Gasteiger partial charge in [0, 0.05) is 29.2 Å². The number of Topliss-reactive ketones (excluding diaryl/α,β-unsaturated/α-hetero) is 1. The number of hydrogen-bond donors (Lipinski definition) is 0. The van der Waals surface area contributed by atoms with Crippen LogP contribution >= 0.6 is 15.9 Å². The lowest BCUT2D eigenvalue weighted by molar-refractivity contribution is -0.122. The molecule has 2 saturated carbocycles. The van der Waals surface area contributed by atoms with Gasteiger partial charge in [-0.1, -0.05) is 0 Å². The quantitative estimate of drug-likeness (QED) is 0.852. The SMILES string of the molecule is O=C(Cc1cncc(Br)c1)C1CC2CC2C1. The van der Waals surface area contributed by atoms with E-state index >= 15 is 0 Å². The van der Waals surface area contributed by atoms with E-state index in [1.807, 2.05) is 6.07 Å². The summed E-state index contributed by atoms with van der Waals surface area (Å²) < 4.78 is 0.951. The molecule has 1 aromatic heterocycles. The van der Waals surface area contributed by atoms with E-state index < -0.39 is 0 Å². The summed E-state index contributed by atoms with van der Waals surface area (Å²) >= 11 is 3.38. The fourth-order valence-electron chi connectivity index (χ4n) is 2.88. The molecule has 0 aromatic carbocycles. The Labute approximate surface area is 104 Å². The first-order valence-electron chi connectivity index (χ1n) is 5.84. The van der Waals surface area contributed by atoms with Crippen molar-refractivity contribution in [2.45, 2.75) is 25.7 Å². The van der Waals surface area contributed by atoms with Crippen molar-refractivity contribution < 1.29 is 4.79 Å². The van der Waals surface area contributed by atoms with Crippen molar-refractivity contribution in [3.8, 4) is 0 Å². The van der Waals surface area contributed by atoms with Gasteiger partial charge >= 0.3 is 0 Å². The number of nitrogens with zero attached hydrogens (tertiary/aromatic N) is 1. The van der Waals surface area contributed by atoms with Gasteiger partial charge in [0.25, 0.3) is 0 Å². The third-order valence-electron chi connectivity index (χ3n) is 3.84. The highest BCUT2D eigenvalue weighted by Crippen LogP contribution is 2.54. The van der Waals surface area contributed by atoms with E-state index in [0.717, 1.165) is 34.7 Å². The molecule has 0 saturated heterocycles. The van der Waals surface area contributed by atoms with E-state index in [9.17, 15) is 4.79 Å². The van der Waals surface area contributed by atoms with Crippen LogP contribution < -0.4 is 0 Å². The van der Waals surface area contributed by atoms with Crippen LogP contribution in [0, 0.1) is 17.8 Å². The van der Waals surface area contributed by atoms with Gasteiger partial charge in [0.1, 0.15) is 5.78 Å². The van der Waals surface area contributed by atoms with E-state index in [1.54, 1.807) is 12.4 Å². The van der Waals surface area contributed by atoms with Gasteiger partial charge in [-0.05, 0) is 58.7 Å². The molecule has 2 aliphatic rings. The second-order valence-corrected chi connectivity index (χ2v) is 5.99. The van der Waals surface area contributed by atoms with Crippen molar-refractivity contribution >= 4 is 21.7 Å². The Bertz CT molecular complexity index is 422. The molecule has 2 aliphatic carbocycles. The van der Waals surface area contributed by atoms with Gasteiger partial charge in [0.2, 0.25) is 0 Å². The van der Waals surface area contributed by atoms with Crippen LogP contribution in [0.25, 0.3) is 0 Å². The van der Waals surface area contributed by atoms with Crippen LogP contribution in [0.1, 0.15) is 24.8 Å². The van der Waals surface area contributed by atoms with Gasteiger partial charge in [-0.15, -0.1) is 0 Å². The van der Waals surface area contributed by atoms with Gasteiger partial charge in [-0.25, -0.2) is 0 Å². The van der Waals surface area contributed by atoms with E-state index in [4.69, 9.17) is 0 Å². The Balaban J connectivity index is 1.64. The number of pyridine rings is 1. The summed E-state index contributed by atoms with van der Waals surface area (Å²) in [6, 6.07) is 1.99. The zero-order valence-electron chi connectivity index (χ0n) is 9.03. The predicted molar refractivity (Wildman–Crippen MR) is 65.0 cm³/mol. The molecule has 1 aromatic rings. The molecule has 0 N–H and O–H groups in total. The minimum Gasteiger partial charge on any atom is -0.299 e. The fourth-order valence-corrected chi connectivity index (χ4v) is 3.29. The summed E-state index contributed by atoms with van der Waals surface area (Å²) in [5.41, 5.74) is 1.03. The summed E-state index contributed by atoms with van der Waals surface area (Å²) in [5, 5.41) is 0. The first kappa shape index (κ1) is 10.5. The molecule has 2 unspecified atom stereocenters. The molecule has 84 valence electrons. The maximum atomic E-state index is 12.0. The average molecular weight is 280 g/mol. The monoisotopic (exact) mass is 279 g/mol. The number of halogens is 1. The normalized spacial score (nSPS) is 31.2. The molecular weight excluding hydrogens is 266 g/mol. The van der Waals surface area contributed by atoms with Crippen molar-refractivity contribution in [2.75, 3.05) is 0 Å². The molecule has 1 heterocycles. The Morgan fingerprint density at radius 2 is 2.06 bits per heavy atom. The molecule has 0 aliphatic heterocycles. The lowest BCUT2D eigenvalue weighted by Gasteiger charge is -2.10. The van der Waals surface area contributed by atoms with Gasteiger partial charge < -0.3 is 0 Å². The Hall–Kier alpha value is -0.700. The van der Waals surface area contributed by atoms with Crippen molar-refractivity contribution in [1.82, 2.24) is 4.98 Å². The van der Waals surface area contributed by atoms with E-state index in [2.05, 4.69) is 20.9 Å². The summed E-state index contributed by atoms with van der Waals surface area (Å²) in [6.07, 6.45) is 7.76. The van der Waals surface area contributed by atoms with Crippen LogP contribution in [0.3, 0.4) is 0 Å². The largest absolute Gasteiger partial charge is 0.299 e. The summed E-state index contributed by atoms with van der Waals surface area (Å²) in [5.74, 6) is 2.51. The standard InChI is InChI=1S/C13H14BrNO/c14-12-1-8(6-15-7-12)2-13(16)11-4-9-3-10(9)5-11/h1,6-7,9-11H,2-5H2. The predicted octanol–water partition coefficient (Wildman–Crippen LogP) is 3.00. The number of hydrogen-bond acceptors (Lipinski definition) is 2. The van der Waals surface area contributed by atoms with Gasteiger partial charge in [-0.3, -0.25) is 9.78 Å². The second-order valence-electron chi connectivity index (χ2n) is 5.08. The third-order valence-corrected chi connectivity index (χ3v) is 4.27. The van der Waals surface area contributed by atoms with Crippen molar-refractivity contribution in [2.24, 2.45) is 17.8 Å². The zero-order valence-corrected chi connectivity index (χ0v) is 10.6. The zero-order chi connectivity index (χ0) is 11.1. The highest BCUT2D eigenvalue weighted by Gasteiger charge is 2.47. The summed E-state index contributed by atoms with van der Waals surface area (Å²) in [4.78, 5) is 16.1. The number of carbonyl (C=O) groups excluding carboxylic acids is 1. The lowest BCUT2D eigenvalue weighted by atomic mass is 9.94. The first-order chi connectivity index (χ1) is 7.72. The maximum Gasteiger partial charge on any atom is 0.140 e. The number of fused-ring (bicyclic) bond motifs is 1. The molecule has 3 rings (SSSR count). The Morgan fingerprint density at radius 3 is 2.75 bits per heavy atom. The number of carbonyl (C=O) groups is 1. The maximum absolute atomic E-state index is 12.0. The number of ketones is 1. The van der Waals surface area contributed by atoms with Gasteiger partial charge in [0.05, 0.1) is 0 Å². The highest BCUT2D eigenvalue weighted by molar-refractivity contribution is 9.10. The summed E-state index contributed by atoms with van der Waals surface area (Å²) in [6.45, 7) is 0. The van der Waals surface area contributed by atoms with Crippen molar-refractivity contribution in [1.29, 1.82) is 0 Å². The Kier molecular flexibility index (Phi) is 2.58. The topological polar surface area (TPSA) is 30.0 Å². The van der Waals surface area contributed by atoms with Crippen LogP contribution in [0.2, 0.25) is 0 Å². The molecular formula is C13H14BrNO. The molecule has 3 heteroatoms. The van der Waals surface area contributed by atoms with Crippen LogP contribution in [-0.4, -0.2) is 10.8 Å². The minimum atomic E-state index is 0.336. The molecule has 16 heavy (non-hydrogen) atoms. The number of rotatable bonds is 3. The average Bonchev–Trinajstić information content (AvgIpc) is 2.86. The fraction of sp³-hybridized carbons (Fsp3) is 0.538. The highest BCUT2D eigenvalue weighted by atomic mass is 79.9. The van der Waals surface area contributed by atoms with Crippen LogP contribution in [0.5, 0.6) is 0 Å². The summed E-state index contributed by atoms with van der Waals surface area (Å²) in [7, 11) is 0. The lowest BCUT2D eigenvalue weighted by Crippen LogP contribution is -2.15. The van der Waals surface area contributed by atoms with E-state index in [-0.39, 0.29) is 0 Å². The third kappa shape index (κ3) is 2.05. The van der Waals surface area contributed by atoms with Crippen LogP contribution in [-0.2, 0) is 11.2 Å². The molecule has 0 radical (unpaired) electrons. The second kappa shape index (κ2) is 3.95. The molecule has 2 fully saturated rings.